The van der Waals surface area contributed by atoms with Gasteiger partial charge in [-0.1, -0.05) is 26.0 Å². The molecule has 344 valence electrons. The maximum absolute atomic E-state index is 15.8. The number of imidazole rings is 1. The first-order valence-electron chi connectivity index (χ1n) is 18.4. The van der Waals surface area contributed by atoms with Crippen molar-refractivity contribution in [3.63, 3.8) is 0 Å². The van der Waals surface area contributed by atoms with Gasteiger partial charge in [0.1, 0.15) is 17.7 Å². The van der Waals surface area contributed by atoms with Crippen molar-refractivity contribution in [3.8, 4) is 11.3 Å². The van der Waals surface area contributed by atoms with Gasteiger partial charge in [0.05, 0.1) is 55.5 Å². The van der Waals surface area contributed by atoms with E-state index in [0.717, 1.165) is 24.0 Å². The second-order valence-corrected chi connectivity index (χ2v) is 16.7. The van der Waals surface area contributed by atoms with E-state index in [1.165, 1.54) is 0 Å². The smallest absolute Gasteiger partial charge is 0.407 e. The molecule has 0 radical (unpaired) electrons. The first-order valence-corrected chi connectivity index (χ1v) is 19.5. The van der Waals surface area contributed by atoms with Crippen molar-refractivity contribution in [1.29, 1.82) is 0 Å². The molecule has 0 saturated heterocycles. The van der Waals surface area contributed by atoms with Crippen LogP contribution in [-0.4, -0.2) is 88.7 Å². The van der Waals surface area contributed by atoms with Gasteiger partial charge in [0.25, 0.3) is 0 Å². The Morgan fingerprint density at radius 3 is 1.94 bits per heavy atom. The fraction of sp³-hybridized carbons (Fsp3) is 0.513. The molecule has 0 aliphatic rings. The highest BCUT2D eigenvalue weighted by molar-refractivity contribution is 14.1. The van der Waals surface area contributed by atoms with Crippen LogP contribution in [-0.2, 0) is 36.8 Å². The molecule has 0 aliphatic carbocycles. The summed E-state index contributed by atoms with van der Waals surface area (Å²) in [5.74, 6) is -10.5. The second-order valence-electron chi connectivity index (χ2n) is 15.4. The summed E-state index contributed by atoms with van der Waals surface area (Å²) in [5.41, 5.74) is -4.86. The normalized spacial score (nSPS) is 14.6. The molecule has 1 aromatic heterocycles. The monoisotopic (exact) mass is 1010 g/mol. The predicted octanol–water partition coefficient (Wildman–Crippen LogP) is 7.92. The summed E-state index contributed by atoms with van der Waals surface area (Å²) < 4.78 is 154. The van der Waals surface area contributed by atoms with E-state index in [-0.39, 0.29) is 17.7 Å². The average molecular weight is 1010 g/mol. The number of alkyl halides is 8. The van der Waals surface area contributed by atoms with Crippen molar-refractivity contribution in [2.75, 3.05) is 20.8 Å². The number of halogens is 11. The molecule has 3 aromatic rings. The minimum Gasteiger partial charge on any atom is -0.469 e. The van der Waals surface area contributed by atoms with Crippen LogP contribution in [0.3, 0.4) is 0 Å². The standard InChI is InChI=1S/C39H44F10IN5O7/c1-36(2,38(44,45)46)25(15-31(58)61-5)33(59)53-55(16-24-26(40)12-21(13-27(24)41)28-17-54(19-51-28)34(42)43)18-30(57)22(11-20-7-9-23(50)10-8-20)14-29(56)32(52-35(60)62-6)37(3,4)39(47,48)49/h7-10,12-13,17,19,22,25,30,32,34,57H,11,14-16,18H2,1-6H3,(H,52,60)(H,53,59)/t22-,25-,30+,32-/m1/s1. The van der Waals surface area contributed by atoms with Crippen LogP contribution in [0, 0.1) is 37.9 Å². The van der Waals surface area contributed by atoms with Gasteiger partial charge in [0.2, 0.25) is 5.91 Å². The zero-order chi connectivity index (χ0) is 47.1. The van der Waals surface area contributed by atoms with Crippen molar-refractivity contribution < 1.29 is 77.7 Å². The molecule has 2 aromatic carbocycles. The largest absolute Gasteiger partial charge is 0.469 e. The SMILES string of the molecule is COC(=O)C[C@H](C(=O)NN(Cc1c(F)cc(-c2cn(C(F)F)cn2)cc1F)C[C@H](O)[C@@H](CC(=O)[C@@H](NC(=O)OC)C(C)(C)C(F)(F)F)Cc1ccc(I)cc1)C(C)(C)C(F)(F)F. The number of benzene rings is 2. The van der Waals surface area contributed by atoms with Gasteiger partial charge >= 0.3 is 31.0 Å². The van der Waals surface area contributed by atoms with Gasteiger partial charge in [-0.15, -0.1) is 0 Å². The fourth-order valence-electron chi connectivity index (χ4n) is 6.21. The molecule has 62 heavy (non-hydrogen) atoms. The number of Topliss-reactive ketones (excluding diaryl/α,β-unsaturated/α-hetero) is 1. The van der Waals surface area contributed by atoms with Crippen LogP contribution in [0.25, 0.3) is 11.3 Å². The third-order valence-electron chi connectivity index (χ3n) is 10.4. The first-order chi connectivity index (χ1) is 28.5. The predicted molar refractivity (Wildman–Crippen MR) is 208 cm³/mol. The number of nitrogens with one attached hydrogen (secondary N) is 2. The molecule has 0 fully saturated rings. The minimum absolute atomic E-state index is 0.280. The van der Waals surface area contributed by atoms with Gasteiger partial charge in [-0.3, -0.25) is 24.4 Å². The third kappa shape index (κ3) is 13.0. The Morgan fingerprint density at radius 1 is 0.887 bits per heavy atom. The van der Waals surface area contributed by atoms with Crippen molar-refractivity contribution in [2.45, 2.75) is 84.5 Å². The number of amides is 2. The molecule has 1 heterocycles. The van der Waals surface area contributed by atoms with Crippen molar-refractivity contribution in [1.82, 2.24) is 25.3 Å². The molecule has 0 spiro atoms. The van der Waals surface area contributed by atoms with E-state index in [1.807, 2.05) is 27.9 Å². The highest BCUT2D eigenvalue weighted by atomic mass is 127. The second kappa shape index (κ2) is 20.8. The van der Waals surface area contributed by atoms with E-state index in [0.29, 0.717) is 61.3 Å². The Morgan fingerprint density at radius 2 is 1.45 bits per heavy atom. The molecular formula is C39H44F10IN5O7. The van der Waals surface area contributed by atoms with E-state index in [2.05, 4.69) is 19.9 Å². The van der Waals surface area contributed by atoms with E-state index in [1.54, 1.807) is 24.3 Å². The highest BCUT2D eigenvalue weighted by Gasteiger charge is 2.57. The lowest BCUT2D eigenvalue weighted by Gasteiger charge is -2.37. The van der Waals surface area contributed by atoms with Crippen LogP contribution >= 0.6 is 22.6 Å². The lowest BCUT2D eigenvalue weighted by atomic mass is 9.75. The molecule has 3 N–H and O–H groups in total. The number of ketones is 1. The summed E-state index contributed by atoms with van der Waals surface area (Å²) in [4.78, 5) is 55.8. The zero-order valence-corrected chi connectivity index (χ0v) is 36.1. The number of esters is 1. The van der Waals surface area contributed by atoms with Gasteiger partial charge < -0.3 is 19.9 Å². The van der Waals surface area contributed by atoms with E-state index < -0.39 is 121 Å². The van der Waals surface area contributed by atoms with Crippen LogP contribution in [0.4, 0.5) is 48.7 Å². The van der Waals surface area contributed by atoms with Gasteiger partial charge in [-0.25, -0.2) is 23.6 Å². The molecule has 3 rings (SSSR count). The number of aromatic nitrogens is 2. The Bertz CT molecular complexity index is 2020. The minimum atomic E-state index is -5.13. The summed E-state index contributed by atoms with van der Waals surface area (Å²) in [6.07, 6.45) is -14.4. The number of aliphatic hydroxyl groups excluding tert-OH is 1. The fourth-order valence-corrected chi connectivity index (χ4v) is 6.57. The lowest BCUT2D eigenvalue weighted by molar-refractivity contribution is -0.231. The molecule has 4 atom stereocenters. The zero-order valence-electron chi connectivity index (χ0n) is 33.9. The van der Waals surface area contributed by atoms with Crippen LogP contribution in [0.5, 0.6) is 0 Å². The molecule has 0 saturated carbocycles. The van der Waals surface area contributed by atoms with Crippen molar-refractivity contribution in [3.05, 3.63) is 75.3 Å². The third-order valence-corrected chi connectivity index (χ3v) is 11.2. The number of ether oxygens (including phenoxy) is 2. The molecule has 2 amide bonds. The summed E-state index contributed by atoms with van der Waals surface area (Å²) >= 11 is 1.98. The maximum Gasteiger partial charge on any atom is 0.407 e. The number of aliphatic hydroxyl groups is 1. The molecule has 0 aliphatic heterocycles. The number of hydrogen-bond donors (Lipinski definition) is 3. The Balaban J connectivity index is 2.16. The Hall–Kier alpha value is -4.52. The van der Waals surface area contributed by atoms with Gasteiger partial charge in [-0.2, -0.15) is 35.1 Å². The van der Waals surface area contributed by atoms with E-state index in [4.69, 9.17) is 0 Å². The number of rotatable bonds is 19. The number of alkyl carbamates (subject to hydrolysis) is 1. The van der Waals surface area contributed by atoms with Crippen LogP contribution < -0.4 is 10.7 Å². The summed E-state index contributed by atoms with van der Waals surface area (Å²) in [7, 11) is 1.69. The number of carbonyl (C=O) groups excluding carboxylic acids is 4. The topological polar surface area (TPSA) is 152 Å². The number of nitrogens with zero attached hydrogens (tertiary/aromatic N) is 3. The number of hydrogen-bond acceptors (Lipinski definition) is 9. The highest BCUT2D eigenvalue weighted by Crippen LogP contribution is 2.45. The van der Waals surface area contributed by atoms with Crippen LogP contribution in [0.15, 0.2) is 48.9 Å². The van der Waals surface area contributed by atoms with Crippen molar-refractivity contribution >= 4 is 46.3 Å². The molecule has 23 heteroatoms. The first kappa shape index (κ1) is 51.8. The lowest BCUT2D eigenvalue weighted by Crippen LogP contribution is -2.57. The summed E-state index contributed by atoms with van der Waals surface area (Å²) in [5, 5.41) is 14.3. The molecule has 0 bridgehead atoms. The Kier molecular flexibility index (Phi) is 17.4. The van der Waals surface area contributed by atoms with Gasteiger partial charge in [0.15, 0.2) is 5.78 Å². The maximum atomic E-state index is 15.8. The van der Waals surface area contributed by atoms with E-state index >= 15 is 8.78 Å². The van der Waals surface area contributed by atoms with Gasteiger partial charge in [0, 0.05) is 40.4 Å². The summed E-state index contributed by atoms with van der Waals surface area (Å²) in [6, 6.07) is 5.45. The van der Waals surface area contributed by atoms with Gasteiger partial charge in [-0.05, 0) is 78.6 Å². The van der Waals surface area contributed by atoms with Crippen LogP contribution in [0.1, 0.15) is 58.2 Å². The van der Waals surface area contributed by atoms with E-state index in [9.17, 15) is 59.4 Å². The quantitative estimate of drug-likeness (QED) is 0.0471. The summed E-state index contributed by atoms with van der Waals surface area (Å²) in [6.45, 7) is -2.61. The number of hydrazine groups is 1. The average Bonchev–Trinajstić information content (AvgIpc) is 3.67. The van der Waals surface area contributed by atoms with Crippen molar-refractivity contribution in [2.24, 2.45) is 22.7 Å². The number of methoxy groups -OCH3 is 2. The Labute approximate surface area is 362 Å². The number of carbonyl (C=O) groups is 4. The molecule has 0 unspecified atom stereocenters. The molecule has 12 nitrogen and oxygen atoms in total. The molecular weight excluding hydrogens is 967 g/mol. The van der Waals surface area contributed by atoms with Crippen LogP contribution in [0.2, 0.25) is 0 Å².